The molecule has 0 aliphatic carbocycles. The standard InChI is InChI=1S/C16H16FN3O/c17-13-10-18-16(19-11-13)20-8-4-7-14(20)9-15(21)12-5-2-1-3-6-12/h1-3,5-6,10-11,14H,4,7-9H2/t14-/m1/s1. The van der Waals surface area contributed by atoms with Crippen LogP contribution in [-0.2, 0) is 0 Å². The Kier molecular flexibility index (Phi) is 3.90. The summed E-state index contributed by atoms with van der Waals surface area (Å²) in [5, 5.41) is 0. The average Bonchev–Trinajstić information content (AvgIpc) is 2.97. The summed E-state index contributed by atoms with van der Waals surface area (Å²) in [6, 6.07) is 9.37. The zero-order valence-electron chi connectivity index (χ0n) is 11.6. The van der Waals surface area contributed by atoms with E-state index in [2.05, 4.69) is 9.97 Å². The van der Waals surface area contributed by atoms with Crippen LogP contribution in [0.15, 0.2) is 42.7 Å². The smallest absolute Gasteiger partial charge is 0.225 e. The van der Waals surface area contributed by atoms with Crippen LogP contribution >= 0.6 is 0 Å². The number of rotatable bonds is 4. The zero-order chi connectivity index (χ0) is 14.7. The highest BCUT2D eigenvalue weighted by Crippen LogP contribution is 2.25. The second-order valence-corrected chi connectivity index (χ2v) is 5.18. The Labute approximate surface area is 122 Å². The van der Waals surface area contributed by atoms with E-state index in [0.29, 0.717) is 12.4 Å². The molecule has 1 aliphatic heterocycles. The van der Waals surface area contributed by atoms with Gasteiger partial charge in [0, 0.05) is 24.6 Å². The van der Waals surface area contributed by atoms with E-state index >= 15 is 0 Å². The minimum atomic E-state index is -0.449. The number of aromatic nitrogens is 2. The van der Waals surface area contributed by atoms with Crippen molar-refractivity contribution >= 4 is 11.7 Å². The molecule has 0 spiro atoms. The molecule has 2 heterocycles. The van der Waals surface area contributed by atoms with E-state index in [1.54, 1.807) is 0 Å². The van der Waals surface area contributed by atoms with Crippen molar-refractivity contribution in [2.45, 2.75) is 25.3 Å². The van der Waals surface area contributed by atoms with E-state index in [1.807, 2.05) is 35.2 Å². The Balaban J connectivity index is 1.72. The van der Waals surface area contributed by atoms with Gasteiger partial charge in [-0.3, -0.25) is 4.79 Å². The Morgan fingerprint density at radius 3 is 2.67 bits per heavy atom. The zero-order valence-corrected chi connectivity index (χ0v) is 11.6. The van der Waals surface area contributed by atoms with E-state index in [0.717, 1.165) is 37.3 Å². The van der Waals surface area contributed by atoms with Gasteiger partial charge in [0.25, 0.3) is 0 Å². The number of carbonyl (C=O) groups is 1. The van der Waals surface area contributed by atoms with Crippen molar-refractivity contribution in [2.24, 2.45) is 0 Å². The maximum absolute atomic E-state index is 12.9. The molecule has 0 saturated carbocycles. The van der Waals surface area contributed by atoms with Gasteiger partial charge in [0.2, 0.25) is 5.95 Å². The van der Waals surface area contributed by atoms with Crippen LogP contribution in [0, 0.1) is 5.82 Å². The fraction of sp³-hybridized carbons (Fsp3) is 0.312. The van der Waals surface area contributed by atoms with Crippen LogP contribution in [0.4, 0.5) is 10.3 Å². The van der Waals surface area contributed by atoms with Crippen LogP contribution in [0.25, 0.3) is 0 Å². The minimum absolute atomic E-state index is 0.0863. The van der Waals surface area contributed by atoms with Crippen molar-refractivity contribution in [1.29, 1.82) is 0 Å². The van der Waals surface area contributed by atoms with Crippen LogP contribution in [0.1, 0.15) is 29.6 Å². The monoisotopic (exact) mass is 285 g/mol. The molecule has 3 rings (SSSR count). The van der Waals surface area contributed by atoms with Crippen molar-refractivity contribution in [3.05, 3.63) is 54.1 Å². The normalized spacial score (nSPS) is 18.0. The summed E-state index contributed by atoms with van der Waals surface area (Å²) in [5.74, 6) is 0.171. The lowest BCUT2D eigenvalue weighted by molar-refractivity contribution is 0.0974. The molecular weight excluding hydrogens is 269 g/mol. The van der Waals surface area contributed by atoms with Gasteiger partial charge < -0.3 is 4.90 Å². The van der Waals surface area contributed by atoms with Crippen LogP contribution in [0.2, 0.25) is 0 Å². The Bertz CT molecular complexity index is 615. The Morgan fingerprint density at radius 1 is 1.24 bits per heavy atom. The molecule has 0 radical (unpaired) electrons. The third-order valence-electron chi connectivity index (χ3n) is 3.76. The second-order valence-electron chi connectivity index (χ2n) is 5.18. The quantitative estimate of drug-likeness (QED) is 0.810. The molecule has 2 aromatic rings. The highest BCUT2D eigenvalue weighted by atomic mass is 19.1. The van der Waals surface area contributed by atoms with Crippen LogP contribution in [0.3, 0.4) is 0 Å². The first-order valence-electron chi connectivity index (χ1n) is 7.06. The number of benzene rings is 1. The number of hydrogen-bond acceptors (Lipinski definition) is 4. The van der Waals surface area contributed by atoms with Gasteiger partial charge in [-0.25, -0.2) is 14.4 Å². The molecule has 1 aliphatic rings. The lowest BCUT2D eigenvalue weighted by atomic mass is 10.0. The molecule has 4 nitrogen and oxygen atoms in total. The molecule has 1 fully saturated rings. The SMILES string of the molecule is O=C(C[C@H]1CCCN1c1ncc(F)cn1)c1ccccc1. The van der Waals surface area contributed by atoms with Gasteiger partial charge in [0.1, 0.15) is 0 Å². The van der Waals surface area contributed by atoms with E-state index in [-0.39, 0.29) is 11.8 Å². The van der Waals surface area contributed by atoms with Gasteiger partial charge in [-0.2, -0.15) is 0 Å². The highest BCUT2D eigenvalue weighted by molar-refractivity contribution is 5.96. The van der Waals surface area contributed by atoms with Gasteiger partial charge in [0.05, 0.1) is 12.4 Å². The molecule has 1 aromatic heterocycles. The first kappa shape index (κ1) is 13.7. The van der Waals surface area contributed by atoms with E-state index in [1.165, 1.54) is 0 Å². The first-order chi connectivity index (χ1) is 10.2. The summed E-state index contributed by atoms with van der Waals surface area (Å²) in [6.45, 7) is 0.804. The van der Waals surface area contributed by atoms with Crippen molar-refractivity contribution in [3.63, 3.8) is 0 Å². The number of ketones is 1. The van der Waals surface area contributed by atoms with Crippen molar-refractivity contribution in [2.75, 3.05) is 11.4 Å². The Morgan fingerprint density at radius 2 is 1.95 bits per heavy atom. The van der Waals surface area contributed by atoms with Gasteiger partial charge in [-0.1, -0.05) is 30.3 Å². The third-order valence-corrected chi connectivity index (χ3v) is 3.76. The van der Waals surface area contributed by atoms with Crippen molar-refractivity contribution in [3.8, 4) is 0 Å². The highest BCUT2D eigenvalue weighted by Gasteiger charge is 2.28. The summed E-state index contributed by atoms with van der Waals surface area (Å²) < 4.78 is 12.9. The maximum Gasteiger partial charge on any atom is 0.225 e. The number of anilines is 1. The summed E-state index contributed by atoms with van der Waals surface area (Å²) in [4.78, 5) is 22.3. The molecule has 0 N–H and O–H groups in total. The van der Waals surface area contributed by atoms with Gasteiger partial charge in [-0.15, -0.1) is 0 Å². The van der Waals surface area contributed by atoms with Crippen molar-refractivity contribution < 1.29 is 9.18 Å². The second kappa shape index (κ2) is 5.99. The summed E-state index contributed by atoms with van der Waals surface area (Å²) >= 11 is 0. The molecular formula is C16H16FN3O. The van der Waals surface area contributed by atoms with Gasteiger partial charge in [0.15, 0.2) is 11.6 Å². The van der Waals surface area contributed by atoms with Crippen LogP contribution in [0.5, 0.6) is 0 Å². The average molecular weight is 285 g/mol. The number of hydrogen-bond donors (Lipinski definition) is 0. The van der Waals surface area contributed by atoms with Crippen LogP contribution in [-0.4, -0.2) is 28.3 Å². The summed E-state index contributed by atoms with van der Waals surface area (Å²) in [6.07, 6.45) is 4.69. The number of halogens is 1. The lowest BCUT2D eigenvalue weighted by Gasteiger charge is -2.23. The molecule has 0 amide bonds. The summed E-state index contributed by atoms with van der Waals surface area (Å²) in [5.41, 5.74) is 0.726. The molecule has 21 heavy (non-hydrogen) atoms. The molecule has 1 atom stereocenters. The topological polar surface area (TPSA) is 46.1 Å². The Hall–Kier alpha value is -2.30. The molecule has 0 unspecified atom stereocenters. The first-order valence-corrected chi connectivity index (χ1v) is 7.06. The number of Topliss-reactive ketones (excluding diaryl/α,β-unsaturated/α-hetero) is 1. The molecule has 108 valence electrons. The largest absolute Gasteiger partial charge is 0.337 e. The number of nitrogens with zero attached hydrogens (tertiary/aromatic N) is 3. The van der Waals surface area contributed by atoms with E-state index in [9.17, 15) is 9.18 Å². The third kappa shape index (κ3) is 3.07. The lowest BCUT2D eigenvalue weighted by Crippen LogP contribution is -2.32. The molecule has 5 heteroatoms. The maximum atomic E-state index is 12.9. The fourth-order valence-electron chi connectivity index (χ4n) is 2.72. The van der Waals surface area contributed by atoms with Crippen molar-refractivity contribution in [1.82, 2.24) is 9.97 Å². The predicted octanol–water partition coefficient (Wildman–Crippen LogP) is 2.86. The molecule has 1 aromatic carbocycles. The predicted molar refractivity (Wildman–Crippen MR) is 77.7 cm³/mol. The molecule has 1 saturated heterocycles. The fourth-order valence-corrected chi connectivity index (χ4v) is 2.72. The van der Waals surface area contributed by atoms with E-state index < -0.39 is 5.82 Å². The van der Waals surface area contributed by atoms with E-state index in [4.69, 9.17) is 0 Å². The number of carbonyl (C=O) groups excluding carboxylic acids is 1. The van der Waals surface area contributed by atoms with Gasteiger partial charge in [-0.05, 0) is 12.8 Å². The van der Waals surface area contributed by atoms with Gasteiger partial charge >= 0.3 is 0 Å². The molecule has 0 bridgehead atoms. The minimum Gasteiger partial charge on any atom is -0.337 e. The van der Waals surface area contributed by atoms with Crippen LogP contribution < -0.4 is 4.90 Å². The summed E-state index contributed by atoms with van der Waals surface area (Å²) in [7, 11) is 0.